The van der Waals surface area contributed by atoms with Crippen molar-refractivity contribution in [3.63, 3.8) is 0 Å². The SMILES string of the molecule is CC(C)(CCn1cnc2ccccc21)NCC(O)c1cccc(N)c1. The van der Waals surface area contributed by atoms with Crippen molar-refractivity contribution >= 4 is 16.7 Å². The standard InChI is InChI=1S/C20H26N4O/c1-20(2,23-13-19(25)15-6-5-7-16(21)12-15)10-11-24-14-22-17-8-3-4-9-18(17)24/h3-9,12,14,19,23,25H,10-11,13,21H2,1-2H3. The molecule has 5 nitrogen and oxygen atoms in total. The summed E-state index contributed by atoms with van der Waals surface area (Å²) in [5, 5.41) is 13.8. The first-order chi connectivity index (χ1) is 11.9. The van der Waals surface area contributed by atoms with Crippen LogP contribution >= 0.6 is 0 Å². The van der Waals surface area contributed by atoms with E-state index in [1.165, 1.54) is 0 Å². The number of hydrogen-bond donors (Lipinski definition) is 3. The molecule has 0 spiro atoms. The van der Waals surface area contributed by atoms with Gasteiger partial charge in [-0.3, -0.25) is 0 Å². The molecule has 25 heavy (non-hydrogen) atoms. The van der Waals surface area contributed by atoms with Crippen LogP contribution in [0.3, 0.4) is 0 Å². The Balaban J connectivity index is 1.56. The Morgan fingerprint density at radius 2 is 2.00 bits per heavy atom. The van der Waals surface area contributed by atoms with Gasteiger partial charge in [0.15, 0.2) is 0 Å². The van der Waals surface area contributed by atoms with Crippen molar-refractivity contribution in [2.45, 2.75) is 38.5 Å². The molecular formula is C20H26N4O. The van der Waals surface area contributed by atoms with Crippen LogP contribution in [0.2, 0.25) is 0 Å². The summed E-state index contributed by atoms with van der Waals surface area (Å²) in [4.78, 5) is 4.43. The van der Waals surface area contributed by atoms with Gasteiger partial charge in [-0.05, 0) is 50.1 Å². The monoisotopic (exact) mass is 338 g/mol. The summed E-state index contributed by atoms with van der Waals surface area (Å²) in [6, 6.07) is 15.6. The molecule has 1 unspecified atom stereocenters. The van der Waals surface area contributed by atoms with E-state index in [9.17, 15) is 5.11 Å². The topological polar surface area (TPSA) is 76.1 Å². The lowest BCUT2D eigenvalue weighted by atomic mass is 9.99. The molecule has 0 amide bonds. The third kappa shape index (κ3) is 4.38. The molecule has 3 aromatic rings. The van der Waals surface area contributed by atoms with E-state index < -0.39 is 6.10 Å². The first-order valence-electron chi connectivity index (χ1n) is 8.63. The molecule has 0 saturated heterocycles. The molecule has 0 aliphatic heterocycles. The third-order valence-electron chi connectivity index (χ3n) is 4.57. The number of imidazole rings is 1. The predicted molar refractivity (Wildman–Crippen MR) is 102 cm³/mol. The number of hydrogen-bond acceptors (Lipinski definition) is 4. The molecule has 1 aromatic heterocycles. The van der Waals surface area contributed by atoms with Crippen LogP contribution in [0.25, 0.3) is 11.0 Å². The summed E-state index contributed by atoms with van der Waals surface area (Å²) in [6.45, 7) is 5.66. The highest BCUT2D eigenvalue weighted by molar-refractivity contribution is 5.74. The maximum atomic E-state index is 10.4. The van der Waals surface area contributed by atoms with Gasteiger partial charge in [-0.15, -0.1) is 0 Å². The molecule has 0 aliphatic rings. The van der Waals surface area contributed by atoms with Gasteiger partial charge in [-0.1, -0.05) is 24.3 Å². The zero-order chi connectivity index (χ0) is 17.9. The quantitative estimate of drug-likeness (QED) is 0.579. The summed E-state index contributed by atoms with van der Waals surface area (Å²) in [6.07, 6.45) is 2.25. The summed E-state index contributed by atoms with van der Waals surface area (Å²) < 4.78 is 2.17. The second-order valence-corrected chi connectivity index (χ2v) is 7.13. The van der Waals surface area contributed by atoms with Crippen molar-refractivity contribution in [2.24, 2.45) is 0 Å². The Labute approximate surface area is 148 Å². The van der Waals surface area contributed by atoms with E-state index in [-0.39, 0.29) is 5.54 Å². The van der Waals surface area contributed by atoms with Crippen LogP contribution in [0, 0.1) is 0 Å². The van der Waals surface area contributed by atoms with Gasteiger partial charge in [0.1, 0.15) is 0 Å². The first-order valence-corrected chi connectivity index (χ1v) is 8.63. The highest BCUT2D eigenvalue weighted by Crippen LogP contribution is 2.19. The fourth-order valence-electron chi connectivity index (χ4n) is 2.93. The van der Waals surface area contributed by atoms with Crippen LogP contribution in [0.1, 0.15) is 31.9 Å². The van der Waals surface area contributed by atoms with Gasteiger partial charge in [0.2, 0.25) is 0 Å². The Morgan fingerprint density at radius 1 is 1.20 bits per heavy atom. The van der Waals surface area contributed by atoms with E-state index in [0.29, 0.717) is 12.2 Å². The van der Waals surface area contributed by atoms with Gasteiger partial charge in [0, 0.05) is 24.3 Å². The summed E-state index contributed by atoms with van der Waals surface area (Å²) in [5.74, 6) is 0. The predicted octanol–water partition coefficient (Wildman–Crippen LogP) is 3.11. The maximum absolute atomic E-state index is 10.4. The molecule has 0 fully saturated rings. The highest BCUT2D eigenvalue weighted by atomic mass is 16.3. The normalized spacial score (nSPS) is 13.2. The largest absolute Gasteiger partial charge is 0.399 e. The van der Waals surface area contributed by atoms with Gasteiger partial charge >= 0.3 is 0 Å². The average molecular weight is 338 g/mol. The Hall–Kier alpha value is -2.37. The number of aliphatic hydroxyl groups excluding tert-OH is 1. The van der Waals surface area contributed by atoms with Crippen molar-refractivity contribution in [3.05, 3.63) is 60.4 Å². The molecule has 1 atom stereocenters. The number of β-amino-alcohol motifs (C(OH)–C–C–N with tert-alkyl or cyclic N) is 1. The van der Waals surface area contributed by atoms with E-state index in [1.54, 1.807) is 0 Å². The molecule has 0 aliphatic carbocycles. The molecule has 0 radical (unpaired) electrons. The summed E-state index contributed by atoms with van der Waals surface area (Å²) in [7, 11) is 0. The Bertz CT molecular complexity index is 840. The van der Waals surface area contributed by atoms with Crippen molar-refractivity contribution < 1.29 is 5.11 Å². The van der Waals surface area contributed by atoms with Crippen molar-refractivity contribution in [1.29, 1.82) is 0 Å². The van der Waals surface area contributed by atoms with E-state index in [1.807, 2.05) is 48.8 Å². The molecule has 4 N–H and O–H groups in total. The van der Waals surface area contributed by atoms with Crippen molar-refractivity contribution in [2.75, 3.05) is 12.3 Å². The van der Waals surface area contributed by atoms with Crippen LogP contribution in [-0.2, 0) is 6.54 Å². The van der Waals surface area contributed by atoms with Crippen LogP contribution < -0.4 is 11.1 Å². The van der Waals surface area contributed by atoms with E-state index in [0.717, 1.165) is 29.6 Å². The van der Waals surface area contributed by atoms with Crippen molar-refractivity contribution in [3.8, 4) is 0 Å². The second-order valence-electron chi connectivity index (χ2n) is 7.13. The molecule has 3 rings (SSSR count). The third-order valence-corrected chi connectivity index (χ3v) is 4.57. The fourth-order valence-corrected chi connectivity index (χ4v) is 2.93. The fraction of sp³-hybridized carbons (Fsp3) is 0.350. The van der Waals surface area contributed by atoms with Gasteiger partial charge in [0.05, 0.1) is 23.5 Å². The minimum absolute atomic E-state index is 0.104. The Morgan fingerprint density at radius 3 is 2.80 bits per heavy atom. The number of para-hydroxylation sites is 2. The second kappa shape index (κ2) is 7.25. The number of nitrogens with one attached hydrogen (secondary N) is 1. The van der Waals surface area contributed by atoms with Crippen LogP contribution in [0.5, 0.6) is 0 Å². The number of anilines is 1. The average Bonchev–Trinajstić information content (AvgIpc) is 3.01. The molecule has 5 heteroatoms. The number of nitrogens with zero attached hydrogens (tertiary/aromatic N) is 2. The number of fused-ring (bicyclic) bond motifs is 1. The number of aliphatic hydroxyl groups is 1. The number of benzene rings is 2. The zero-order valence-electron chi connectivity index (χ0n) is 14.8. The first kappa shape index (κ1) is 17.5. The van der Waals surface area contributed by atoms with Gasteiger partial charge in [-0.25, -0.2) is 4.98 Å². The van der Waals surface area contributed by atoms with Gasteiger partial charge < -0.3 is 20.7 Å². The number of nitrogen functional groups attached to an aromatic ring is 1. The van der Waals surface area contributed by atoms with E-state index in [2.05, 4.69) is 34.8 Å². The van der Waals surface area contributed by atoms with E-state index in [4.69, 9.17) is 5.73 Å². The minimum atomic E-state index is -0.572. The minimum Gasteiger partial charge on any atom is -0.399 e. The summed E-state index contributed by atoms with van der Waals surface area (Å²) in [5.41, 5.74) is 9.36. The lowest BCUT2D eigenvalue weighted by Gasteiger charge is -2.28. The maximum Gasteiger partial charge on any atom is 0.0958 e. The molecule has 132 valence electrons. The van der Waals surface area contributed by atoms with Crippen LogP contribution in [-0.4, -0.2) is 26.7 Å². The highest BCUT2D eigenvalue weighted by Gasteiger charge is 2.19. The lowest BCUT2D eigenvalue weighted by molar-refractivity contribution is 0.158. The Kier molecular flexibility index (Phi) is 5.06. The van der Waals surface area contributed by atoms with Crippen molar-refractivity contribution in [1.82, 2.24) is 14.9 Å². The van der Waals surface area contributed by atoms with Gasteiger partial charge in [-0.2, -0.15) is 0 Å². The number of aromatic nitrogens is 2. The number of nitrogens with two attached hydrogens (primary N) is 1. The summed E-state index contributed by atoms with van der Waals surface area (Å²) >= 11 is 0. The van der Waals surface area contributed by atoms with Crippen LogP contribution in [0.4, 0.5) is 5.69 Å². The molecule has 0 saturated carbocycles. The number of rotatable bonds is 7. The molecule has 2 aromatic carbocycles. The van der Waals surface area contributed by atoms with E-state index >= 15 is 0 Å². The zero-order valence-corrected chi connectivity index (χ0v) is 14.8. The number of aryl methyl sites for hydroxylation is 1. The van der Waals surface area contributed by atoms with Crippen LogP contribution in [0.15, 0.2) is 54.9 Å². The molecule has 1 heterocycles. The molecule has 0 bridgehead atoms. The van der Waals surface area contributed by atoms with Gasteiger partial charge in [0.25, 0.3) is 0 Å². The molecular weight excluding hydrogens is 312 g/mol. The lowest BCUT2D eigenvalue weighted by Crippen LogP contribution is -2.42. The smallest absolute Gasteiger partial charge is 0.0958 e.